The van der Waals surface area contributed by atoms with E-state index in [4.69, 9.17) is 11.6 Å². The molecule has 2 aromatic heterocycles. The van der Waals surface area contributed by atoms with Crippen molar-refractivity contribution in [3.8, 4) is 0 Å². The topological polar surface area (TPSA) is 98.8 Å². The molecule has 1 aliphatic rings. The highest BCUT2D eigenvalue weighted by atomic mass is 35.5. The van der Waals surface area contributed by atoms with Crippen LogP contribution in [-0.4, -0.2) is 55.8 Å². The fourth-order valence-corrected chi connectivity index (χ4v) is 4.41. The summed E-state index contributed by atoms with van der Waals surface area (Å²) in [7, 11) is -3.54. The highest BCUT2D eigenvalue weighted by Crippen LogP contribution is 2.28. The van der Waals surface area contributed by atoms with Crippen LogP contribution in [0.1, 0.15) is 11.7 Å². The first-order chi connectivity index (χ1) is 12.0. The molecule has 1 aromatic carbocycles. The van der Waals surface area contributed by atoms with Crippen molar-refractivity contribution >= 4 is 21.6 Å². The Kier molecular flexibility index (Phi) is 4.02. The Hall–Kier alpha value is -2.30. The van der Waals surface area contributed by atoms with Crippen LogP contribution >= 0.6 is 11.6 Å². The Bertz CT molecular complexity index is 980. The maximum Gasteiger partial charge on any atom is 0.243 e. The van der Waals surface area contributed by atoms with Crippen molar-refractivity contribution in [2.75, 3.05) is 13.1 Å². The monoisotopic (exact) mass is 379 g/mol. The normalized spacial score (nSPS) is 16.0. The lowest BCUT2D eigenvalue weighted by Gasteiger charge is -2.37. The van der Waals surface area contributed by atoms with Gasteiger partial charge in [0.15, 0.2) is 0 Å². The molecule has 0 bridgehead atoms. The number of hydrogen-bond acceptors (Lipinski definition) is 6. The standard InChI is InChI=1S/C14H14ClN7O2S/c15-11-2-1-3-14(6-11)25(23,24)20-9-13(10-20)21-7-12(18-19-21)8-22-16-4-5-17-22/h1-7,13H,8-10H2. The zero-order valence-electron chi connectivity index (χ0n) is 13.0. The van der Waals surface area contributed by atoms with Gasteiger partial charge in [0.05, 0.1) is 29.5 Å². The molecule has 11 heteroatoms. The van der Waals surface area contributed by atoms with E-state index in [1.54, 1.807) is 41.5 Å². The molecule has 0 saturated carbocycles. The number of nitrogens with zero attached hydrogens (tertiary/aromatic N) is 7. The van der Waals surface area contributed by atoms with Crippen LogP contribution in [0.15, 0.2) is 47.8 Å². The van der Waals surface area contributed by atoms with Crippen molar-refractivity contribution < 1.29 is 8.42 Å². The zero-order valence-corrected chi connectivity index (χ0v) is 14.5. The van der Waals surface area contributed by atoms with Crippen LogP contribution in [0, 0.1) is 0 Å². The van der Waals surface area contributed by atoms with E-state index in [0.717, 1.165) is 0 Å². The lowest BCUT2D eigenvalue weighted by Crippen LogP contribution is -2.50. The first kappa shape index (κ1) is 16.2. The van der Waals surface area contributed by atoms with Crippen molar-refractivity contribution in [3.63, 3.8) is 0 Å². The molecule has 1 aliphatic heterocycles. The highest BCUT2D eigenvalue weighted by Gasteiger charge is 2.38. The minimum Gasteiger partial charge on any atom is -0.246 e. The Labute approximate surface area is 148 Å². The SMILES string of the molecule is O=S(=O)(c1cccc(Cl)c1)N1CC(n2cc(Cn3nccn3)nn2)C1. The maximum atomic E-state index is 12.6. The van der Waals surface area contributed by atoms with E-state index >= 15 is 0 Å². The summed E-state index contributed by atoms with van der Waals surface area (Å²) in [5.74, 6) is 0. The molecule has 0 N–H and O–H groups in total. The van der Waals surface area contributed by atoms with Gasteiger partial charge in [-0.2, -0.15) is 19.3 Å². The fraction of sp³-hybridized carbons (Fsp3) is 0.286. The van der Waals surface area contributed by atoms with Gasteiger partial charge in [-0.05, 0) is 18.2 Å². The van der Waals surface area contributed by atoms with E-state index in [9.17, 15) is 8.42 Å². The van der Waals surface area contributed by atoms with Crippen molar-refractivity contribution in [2.24, 2.45) is 0 Å². The van der Waals surface area contributed by atoms with Gasteiger partial charge in [0.25, 0.3) is 0 Å². The van der Waals surface area contributed by atoms with Gasteiger partial charge in [-0.1, -0.05) is 22.9 Å². The number of rotatable bonds is 5. The van der Waals surface area contributed by atoms with Crippen molar-refractivity contribution in [2.45, 2.75) is 17.5 Å². The maximum absolute atomic E-state index is 12.6. The third kappa shape index (κ3) is 3.15. The van der Waals surface area contributed by atoms with Crippen LogP contribution in [0.25, 0.3) is 0 Å². The summed E-state index contributed by atoms with van der Waals surface area (Å²) < 4.78 is 28.2. The molecule has 3 aromatic rings. The van der Waals surface area contributed by atoms with Gasteiger partial charge in [0.1, 0.15) is 12.2 Å². The van der Waals surface area contributed by atoms with Gasteiger partial charge in [-0.25, -0.2) is 13.1 Å². The summed E-state index contributed by atoms with van der Waals surface area (Å²) in [5.41, 5.74) is 0.715. The number of halogens is 1. The second-order valence-corrected chi connectivity index (χ2v) is 8.06. The molecule has 1 fully saturated rings. The molecule has 9 nitrogen and oxygen atoms in total. The van der Waals surface area contributed by atoms with Gasteiger partial charge in [0, 0.05) is 18.1 Å². The quantitative estimate of drug-likeness (QED) is 0.650. The highest BCUT2D eigenvalue weighted by molar-refractivity contribution is 7.89. The Morgan fingerprint density at radius 3 is 2.68 bits per heavy atom. The van der Waals surface area contributed by atoms with E-state index in [1.807, 2.05) is 0 Å². The molecule has 0 atom stereocenters. The second kappa shape index (κ2) is 6.21. The molecule has 0 aliphatic carbocycles. The Morgan fingerprint density at radius 2 is 1.96 bits per heavy atom. The summed E-state index contributed by atoms with van der Waals surface area (Å²) >= 11 is 5.88. The summed E-state index contributed by atoms with van der Waals surface area (Å²) in [5, 5.41) is 16.6. The number of sulfonamides is 1. The lowest BCUT2D eigenvalue weighted by atomic mass is 10.2. The van der Waals surface area contributed by atoms with E-state index in [2.05, 4.69) is 20.5 Å². The second-order valence-electron chi connectivity index (χ2n) is 5.68. The Morgan fingerprint density at radius 1 is 1.20 bits per heavy atom. The summed E-state index contributed by atoms with van der Waals surface area (Å²) in [6.45, 7) is 1.11. The molecule has 1 saturated heterocycles. The Balaban J connectivity index is 1.43. The molecular weight excluding hydrogens is 366 g/mol. The number of aromatic nitrogens is 6. The first-order valence-corrected chi connectivity index (χ1v) is 9.35. The average Bonchev–Trinajstić information content (AvgIpc) is 3.18. The third-order valence-corrected chi connectivity index (χ3v) is 6.03. The van der Waals surface area contributed by atoms with E-state index < -0.39 is 10.0 Å². The zero-order chi connectivity index (χ0) is 17.4. The smallest absolute Gasteiger partial charge is 0.243 e. The van der Waals surface area contributed by atoms with Crippen LogP contribution in [-0.2, 0) is 16.6 Å². The van der Waals surface area contributed by atoms with E-state index in [-0.39, 0.29) is 10.9 Å². The predicted molar refractivity (Wildman–Crippen MR) is 88.4 cm³/mol. The molecule has 0 amide bonds. The van der Waals surface area contributed by atoms with Crippen LogP contribution < -0.4 is 0 Å². The predicted octanol–water partition coefficient (Wildman–Crippen LogP) is 0.817. The molecule has 0 unspecified atom stereocenters. The van der Waals surface area contributed by atoms with Crippen LogP contribution in [0.5, 0.6) is 0 Å². The largest absolute Gasteiger partial charge is 0.246 e. The minimum atomic E-state index is -3.54. The van der Waals surface area contributed by atoms with Crippen LogP contribution in [0.4, 0.5) is 0 Å². The molecule has 25 heavy (non-hydrogen) atoms. The average molecular weight is 380 g/mol. The lowest BCUT2D eigenvalue weighted by molar-refractivity contribution is 0.189. The van der Waals surface area contributed by atoms with Crippen molar-refractivity contribution in [1.29, 1.82) is 0 Å². The fourth-order valence-electron chi connectivity index (χ4n) is 2.59. The van der Waals surface area contributed by atoms with Crippen molar-refractivity contribution in [1.82, 2.24) is 34.3 Å². The van der Waals surface area contributed by atoms with Crippen LogP contribution in [0.2, 0.25) is 5.02 Å². The third-order valence-electron chi connectivity index (χ3n) is 3.96. The minimum absolute atomic E-state index is 0.0409. The molecule has 3 heterocycles. The van der Waals surface area contributed by atoms with Crippen LogP contribution in [0.3, 0.4) is 0 Å². The molecule has 0 spiro atoms. The van der Waals surface area contributed by atoms with Gasteiger partial charge in [-0.15, -0.1) is 5.10 Å². The van der Waals surface area contributed by atoms with Gasteiger partial charge < -0.3 is 0 Å². The summed E-state index contributed by atoms with van der Waals surface area (Å²) in [6.07, 6.45) is 4.97. The number of benzene rings is 1. The van der Waals surface area contributed by atoms with Gasteiger partial charge >= 0.3 is 0 Å². The summed E-state index contributed by atoms with van der Waals surface area (Å²) in [4.78, 5) is 1.70. The van der Waals surface area contributed by atoms with Gasteiger partial charge in [0.2, 0.25) is 10.0 Å². The molecule has 4 rings (SSSR count). The van der Waals surface area contributed by atoms with Crippen molar-refractivity contribution in [3.05, 3.63) is 53.6 Å². The first-order valence-electron chi connectivity index (χ1n) is 7.53. The summed E-state index contributed by atoms with van der Waals surface area (Å²) in [6, 6.07) is 6.22. The van der Waals surface area contributed by atoms with E-state index in [0.29, 0.717) is 30.4 Å². The number of hydrogen-bond donors (Lipinski definition) is 0. The molecule has 0 radical (unpaired) electrons. The van der Waals surface area contributed by atoms with Gasteiger partial charge in [-0.3, -0.25) is 0 Å². The van der Waals surface area contributed by atoms with E-state index in [1.165, 1.54) is 15.2 Å². The molecule has 130 valence electrons. The molecular formula is C14H14ClN7O2S.